The molecular formula is C20H38N2O7. The molecule has 9 heteroatoms. The van der Waals surface area contributed by atoms with Gasteiger partial charge in [-0.15, -0.1) is 0 Å². The standard InChI is InChI=1S/C20H38N2O7/c1-18(2,3)28-16(25)21-11-10-13(15(24)27-9)14(23)20(7,8)12-22-17(26)29-19(4,5)6/h13-14,23H,10-12H2,1-9H3,(H,21,25)(H,22,26)/t13-,14-/m1/s1. The molecule has 9 nitrogen and oxygen atoms in total. The minimum absolute atomic E-state index is 0.0794. The minimum Gasteiger partial charge on any atom is -0.469 e. The summed E-state index contributed by atoms with van der Waals surface area (Å²) in [6.07, 6.45) is -2.21. The van der Waals surface area contributed by atoms with E-state index in [2.05, 4.69) is 10.6 Å². The Bertz CT molecular complexity index is 562. The topological polar surface area (TPSA) is 123 Å². The van der Waals surface area contributed by atoms with Gasteiger partial charge in [-0.05, 0) is 48.0 Å². The zero-order valence-corrected chi connectivity index (χ0v) is 19.2. The molecule has 0 aromatic carbocycles. The third-order valence-electron chi connectivity index (χ3n) is 3.90. The molecule has 0 rings (SSSR count). The van der Waals surface area contributed by atoms with Gasteiger partial charge in [0, 0.05) is 18.5 Å². The fourth-order valence-electron chi connectivity index (χ4n) is 2.46. The van der Waals surface area contributed by atoms with E-state index in [1.165, 1.54) is 7.11 Å². The lowest BCUT2D eigenvalue weighted by molar-refractivity contribution is -0.153. The maximum atomic E-state index is 12.2. The molecule has 29 heavy (non-hydrogen) atoms. The Morgan fingerprint density at radius 3 is 1.72 bits per heavy atom. The number of carbonyl (C=O) groups excluding carboxylic acids is 3. The minimum atomic E-state index is -1.13. The molecule has 0 heterocycles. The van der Waals surface area contributed by atoms with E-state index in [0.29, 0.717) is 0 Å². The molecule has 0 saturated carbocycles. The highest BCUT2D eigenvalue weighted by molar-refractivity contribution is 5.73. The second kappa shape index (κ2) is 10.7. The molecule has 0 aliphatic heterocycles. The highest BCUT2D eigenvalue weighted by Gasteiger charge is 2.39. The first kappa shape index (κ1) is 27.0. The van der Waals surface area contributed by atoms with Gasteiger partial charge < -0.3 is 30.0 Å². The zero-order chi connectivity index (χ0) is 23.0. The van der Waals surface area contributed by atoms with Crippen LogP contribution in [-0.2, 0) is 19.0 Å². The molecule has 0 aromatic heterocycles. The van der Waals surface area contributed by atoms with Gasteiger partial charge >= 0.3 is 18.2 Å². The molecular weight excluding hydrogens is 380 g/mol. The van der Waals surface area contributed by atoms with Gasteiger partial charge in [-0.25, -0.2) is 9.59 Å². The number of alkyl carbamates (subject to hydrolysis) is 2. The van der Waals surface area contributed by atoms with Crippen molar-refractivity contribution in [1.29, 1.82) is 0 Å². The summed E-state index contributed by atoms with van der Waals surface area (Å²) in [4.78, 5) is 35.8. The Morgan fingerprint density at radius 2 is 1.31 bits per heavy atom. The van der Waals surface area contributed by atoms with Crippen LogP contribution in [0.1, 0.15) is 61.8 Å². The molecule has 0 unspecified atom stereocenters. The number of esters is 1. The van der Waals surface area contributed by atoms with Gasteiger partial charge in [0.1, 0.15) is 11.2 Å². The first-order valence-electron chi connectivity index (χ1n) is 9.68. The number of nitrogens with one attached hydrogen (secondary N) is 2. The summed E-state index contributed by atoms with van der Waals surface area (Å²) in [6, 6.07) is 0. The Kier molecular flexibility index (Phi) is 9.92. The van der Waals surface area contributed by atoms with E-state index in [-0.39, 0.29) is 19.5 Å². The summed E-state index contributed by atoms with van der Waals surface area (Å²) in [5.41, 5.74) is -2.14. The number of hydrogen-bond donors (Lipinski definition) is 3. The van der Waals surface area contributed by atoms with Crippen molar-refractivity contribution in [2.75, 3.05) is 20.2 Å². The largest absolute Gasteiger partial charge is 0.469 e. The molecule has 0 aliphatic carbocycles. The molecule has 0 spiro atoms. The predicted molar refractivity (Wildman–Crippen MR) is 108 cm³/mol. The summed E-state index contributed by atoms with van der Waals surface area (Å²) in [6.45, 7) is 14.1. The molecule has 0 fully saturated rings. The van der Waals surface area contributed by atoms with E-state index >= 15 is 0 Å². The molecule has 2 atom stereocenters. The fourth-order valence-corrected chi connectivity index (χ4v) is 2.46. The number of aliphatic hydroxyl groups excluding tert-OH is 1. The van der Waals surface area contributed by atoms with Crippen LogP contribution in [0.2, 0.25) is 0 Å². The number of carbonyl (C=O) groups is 3. The van der Waals surface area contributed by atoms with Crippen molar-refractivity contribution < 1.29 is 33.7 Å². The van der Waals surface area contributed by atoms with E-state index in [4.69, 9.17) is 14.2 Å². The molecule has 0 aliphatic rings. The lowest BCUT2D eigenvalue weighted by atomic mass is 9.78. The lowest BCUT2D eigenvalue weighted by Gasteiger charge is -2.35. The fraction of sp³-hybridized carbons (Fsp3) is 0.850. The second-order valence-electron chi connectivity index (χ2n) is 9.64. The average Bonchev–Trinajstić information content (AvgIpc) is 2.52. The van der Waals surface area contributed by atoms with E-state index < -0.39 is 46.8 Å². The lowest BCUT2D eigenvalue weighted by Crippen LogP contribution is -2.48. The number of amides is 2. The van der Waals surface area contributed by atoms with Gasteiger partial charge in [0.2, 0.25) is 0 Å². The number of ether oxygens (including phenoxy) is 3. The normalized spacial score (nSPS) is 14.4. The Morgan fingerprint density at radius 1 is 0.862 bits per heavy atom. The number of hydrogen-bond acceptors (Lipinski definition) is 7. The van der Waals surface area contributed by atoms with Crippen LogP contribution in [0.25, 0.3) is 0 Å². The van der Waals surface area contributed by atoms with Crippen LogP contribution in [0.4, 0.5) is 9.59 Å². The summed E-state index contributed by atoms with van der Waals surface area (Å²) >= 11 is 0. The van der Waals surface area contributed by atoms with E-state index in [0.717, 1.165) is 0 Å². The molecule has 0 radical (unpaired) electrons. The molecule has 2 amide bonds. The van der Waals surface area contributed by atoms with Crippen molar-refractivity contribution in [3.63, 3.8) is 0 Å². The smallest absolute Gasteiger partial charge is 0.407 e. The summed E-state index contributed by atoms with van der Waals surface area (Å²) < 4.78 is 15.1. The van der Waals surface area contributed by atoms with Gasteiger partial charge in [0.15, 0.2) is 0 Å². The Balaban J connectivity index is 4.91. The first-order chi connectivity index (χ1) is 13.0. The third-order valence-corrected chi connectivity index (χ3v) is 3.90. The molecule has 0 aromatic rings. The molecule has 0 saturated heterocycles. The van der Waals surface area contributed by atoms with Crippen LogP contribution < -0.4 is 10.6 Å². The molecule has 3 N–H and O–H groups in total. The summed E-state index contributed by atoms with van der Waals surface area (Å²) in [5.74, 6) is -1.50. The van der Waals surface area contributed by atoms with Crippen molar-refractivity contribution in [2.24, 2.45) is 11.3 Å². The zero-order valence-electron chi connectivity index (χ0n) is 19.2. The van der Waals surface area contributed by atoms with Crippen LogP contribution >= 0.6 is 0 Å². The highest BCUT2D eigenvalue weighted by atomic mass is 16.6. The van der Waals surface area contributed by atoms with Crippen LogP contribution in [0, 0.1) is 11.3 Å². The van der Waals surface area contributed by atoms with Gasteiger partial charge in [-0.1, -0.05) is 13.8 Å². The summed E-state index contributed by atoms with van der Waals surface area (Å²) in [5, 5.41) is 16.0. The Labute approximate surface area is 173 Å². The van der Waals surface area contributed by atoms with E-state index in [9.17, 15) is 19.5 Å². The van der Waals surface area contributed by atoms with Crippen molar-refractivity contribution in [2.45, 2.75) is 79.1 Å². The quantitative estimate of drug-likeness (QED) is 0.409. The second-order valence-corrected chi connectivity index (χ2v) is 9.64. The average molecular weight is 419 g/mol. The monoisotopic (exact) mass is 418 g/mol. The van der Waals surface area contributed by atoms with Gasteiger partial charge in [-0.3, -0.25) is 4.79 Å². The number of methoxy groups -OCH3 is 1. The highest BCUT2D eigenvalue weighted by Crippen LogP contribution is 2.28. The van der Waals surface area contributed by atoms with E-state index in [1.807, 2.05) is 0 Å². The van der Waals surface area contributed by atoms with Crippen molar-refractivity contribution in [1.82, 2.24) is 10.6 Å². The maximum absolute atomic E-state index is 12.2. The SMILES string of the molecule is COC(=O)[C@H](CCNC(=O)OC(C)(C)C)[C@@H](O)C(C)(C)CNC(=O)OC(C)(C)C. The Hall–Kier alpha value is -2.03. The van der Waals surface area contributed by atoms with Crippen LogP contribution in [0.3, 0.4) is 0 Å². The van der Waals surface area contributed by atoms with E-state index in [1.54, 1.807) is 55.4 Å². The van der Waals surface area contributed by atoms with Crippen molar-refractivity contribution >= 4 is 18.2 Å². The van der Waals surface area contributed by atoms with Crippen molar-refractivity contribution in [3.05, 3.63) is 0 Å². The number of aliphatic hydroxyl groups is 1. The maximum Gasteiger partial charge on any atom is 0.407 e. The van der Waals surface area contributed by atoms with Crippen LogP contribution in [-0.4, -0.2) is 60.8 Å². The first-order valence-corrected chi connectivity index (χ1v) is 9.68. The third kappa shape index (κ3) is 11.5. The summed E-state index contributed by atoms with van der Waals surface area (Å²) in [7, 11) is 1.23. The molecule has 170 valence electrons. The predicted octanol–water partition coefficient (Wildman–Crippen LogP) is 2.60. The van der Waals surface area contributed by atoms with Crippen LogP contribution in [0.5, 0.6) is 0 Å². The van der Waals surface area contributed by atoms with Gasteiger partial charge in [0.05, 0.1) is 19.1 Å². The molecule has 0 bridgehead atoms. The number of rotatable bonds is 8. The van der Waals surface area contributed by atoms with Crippen LogP contribution in [0.15, 0.2) is 0 Å². The van der Waals surface area contributed by atoms with Crippen molar-refractivity contribution in [3.8, 4) is 0 Å². The van der Waals surface area contributed by atoms with Gasteiger partial charge in [-0.2, -0.15) is 0 Å². The van der Waals surface area contributed by atoms with Gasteiger partial charge in [0.25, 0.3) is 0 Å².